The van der Waals surface area contributed by atoms with Gasteiger partial charge in [0.25, 0.3) is 0 Å². The average Bonchev–Trinajstić information content (AvgIpc) is 2.79. The van der Waals surface area contributed by atoms with E-state index in [1.165, 1.54) is 44.3 Å². The summed E-state index contributed by atoms with van der Waals surface area (Å²) < 4.78 is 0. The second-order valence-corrected chi connectivity index (χ2v) is 8.39. The Morgan fingerprint density at radius 1 is 0.516 bits per heavy atom. The summed E-state index contributed by atoms with van der Waals surface area (Å²) in [5, 5.41) is 0. The molecule has 2 fully saturated rings. The van der Waals surface area contributed by atoms with Gasteiger partial charge in [-0.2, -0.15) is 0 Å². The number of unbranched alkanes of at least 4 members (excludes halogenated alkanes) is 3. The zero-order valence-corrected chi connectivity index (χ0v) is 18.3. The molecule has 0 atom stereocenters. The number of aliphatic imine (C=N–C) groups is 4. The van der Waals surface area contributed by atoms with E-state index >= 15 is 0 Å². The Bertz CT molecular complexity index is 614. The van der Waals surface area contributed by atoms with Gasteiger partial charge in [-0.3, -0.25) is 0 Å². The molecule has 31 heavy (non-hydrogen) atoms. The summed E-state index contributed by atoms with van der Waals surface area (Å²) in [5.74, 6) is 1.60. The second-order valence-electron chi connectivity index (χ2n) is 8.39. The molecule has 0 amide bonds. The summed E-state index contributed by atoms with van der Waals surface area (Å²) in [7, 11) is 0. The van der Waals surface area contributed by atoms with Crippen LogP contribution in [0.1, 0.15) is 83.5 Å². The summed E-state index contributed by atoms with van der Waals surface area (Å²) in [6.45, 7) is 1.11. The van der Waals surface area contributed by atoms with Crippen LogP contribution in [0, 0.1) is 11.8 Å². The summed E-state index contributed by atoms with van der Waals surface area (Å²) in [5.41, 5.74) is 0. The first kappa shape index (κ1) is 26.6. The second kappa shape index (κ2) is 18.3. The first-order valence-corrected chi connectivity index (χ1v) is 11.4. The average molecular weight is 431 g/mol. The third kappa shape index (κ3) is 13.4. The third-order valence-electron chi connectivity index (χ3n) is 6.19. The lowest BCUT2D eigenvalue weighted by molar-refractivity contribution is 0.226. The summed E-state index contributed by atoms with van der Waals surface area (Å²) in [6, 6.07) is 0.456. The van der Waals surface area contributed by atoms with Crippen LogP contribution in [0.2, 0.25) is 0 Å². The largest absolute Gasteiger partial charge is 0.235 e. The molecule has 0 aromatic rings. The minimum atomic E-state index is 0.228. The standard InChI is InChI=1S/C15H22N2O2.C8H12N2O2/c18-10-16-14-5-1-12(2-6-14)9-13-3-7-15(8-4-13)17-11-19;11-7-9-5-3-1-2-4-6-10-8-12/h12-15H,1-9H2;1-6H2. The molecule has 0 aromatic carbocycles. The number of hydrogen-bond acceptors (Lipinski definition) is 8. The predicted octanol–water partition coefficient (Wildman–Crippen LogP) is 4.38. The first-order chi connectivity index (χ1) is 15.2. The summed E-state index contributed by atoms with van der Waals surface area (Å²) in [4.78, 5) is 54.2. The van der Waals surface area contributed by atoms with E-state index in [1.54, 1.807) is 12.2 Å². The smallest absolute Gasteiger partial charge is 0.211 e. The zero-order chi connectivity index (χ0) is 22.6. The molecule has 2 aliphatic rings. The van der Waals surface area contributed by atoms with Crippen LogP contribution >= 0.6 is 0 Å². The topological polar surface area (TPSA) is 118 Å². The molecule has 0 aliphatic heterocycles. The quantitative estimate of drug-likeness (QED) is 0.274. The number of rotatable bonds is 11. The van der Waals surface area contributed by atoms with Gasteiger partial charge < -0.3 is 0 Å². The molecule has 2 rings (SSSR count). The van der Waals surface area contributed by atoms with Gasteiger partial charge in [-0.15, -0.1) is 0 Å². The van der Waals surface area contributed by atoms with Crippen molar-refractivity contribution in [2.24, 2.45) is 31.8 Å². The van der Waals surface area contributed by atoms with Gasteiger partial charge in [0, 0.05) is 0 Å². The highest BCUT2D eigenvalue weighted by Gasteiger charge is 2.26. The molecule has 0 unspecified atom stereocenters. The van der Waals surface area contributed by atoms with E-state index in [4.69, 9.17) is 0 Å². The molecule has 0 spiro atoms. The Hall–Kier alpha value is -2.48. The van der Waals surface area contributed by atoms with Gasteiger partial charge in [0.1, 0.15) is 0 Å². The van der Waals surface area contributed by atoms with Gasteiger partial charge in [0.15, 0.2) is 0 Å². The molecular formula is C23H34N4O4. The minimum Gasteiger partial charge on any atom is -0.211 e. The predicted molar refractivity (Wildman–Crippen MR) is 117 cm³/mol. The van der Waals surface area contributed by atoms with E-state index in [-0.39, 0.29) is 12.1 Å². The minimum absolute atomic E-state index is 0.228. The maximum atomic E-state index is 10.2. The lowest BCUT2D eigenvalue weighted by Gasteiger charge is -2.31. The fourth-order valence-electron chi connectivity index (χ4n) is 4.47. The molecule has 8 heteroatoms. The van der Waals surface area contributed by atoms with E-state index in [2.05, 4.69) is 20.0 Å². The molecule has 0 bridgehead atoms. The number of nitrogens with zero attached hydrogens (tertiary/aromatic N) is 4. The number of carbonyl (C=O) groups excluding carboxylic acids is 4. The van der Waals surface area contributed by atoms with Crippen molar-refractivity contribution in [3.8, 4) is 0 Å². The highest BCUT2D eigenvalue weighted by molar-refractivity contribution is 5.34. The van der Waals surface area contributed by atoms with Crippen LogP contribution in [0.5, 0.6) is 0 Å². The highest BCUT2D eigenvalue weighted by Crippen LogP contribution is 2.36. The van der Waals surface area contributed by atoms with E-state index < -0.39 is 0 Å². The maximum Gasteiger partial charge on any atom is 0.235 e. The van der Waals surface area contributed by atoms with Gasteiger partial charge in [0.05, 0.1) is 25.2 Å². The fourth-order valence-corrected chi connectivity index (χ4v) is 4.47. The Morgan fingerprint density at radius 2 is 0.903 bits per heavy atom. The van der Waals surface area contributed by atoms with Crippen molar-refractivity contribution in [1.82, 2.24) is 0 Å². The normalized spacial score (nSPS) is 24.6. The molecule has 170 valence electrons. The molecular weight excluding hydrogens is 396 g/mol. The monoisotopic (exact) mass is 430 g/mol. The third-order valence-corrected chi connectivity index (χ3v) is 6.19. The van der Waals surface area contributed by atoms with Crippen LogP contribution < -0.4 is 0 Å². The van der Waals surface area contributed by atoms with E-state index in [9.17, 15) is 19.2 Å². The lowest BCUT2D eigenvalue weighted by atomic mass is 9.76. The van der Waals surface area contributed by atoms with Crippen molar-refractivity contribution in [1.29, 1.82) is 0 Å². The molecule has 0 saturated heterocycles. The van der Waals surface area contributed by atoms with Crippen LogP contribution in [-0.4, -0.2) is 49.5 Å². The van der Waals surface area contributed by atoms with Gasteiger partial charge >= 0.3 is 0 Å². The van der Waals surface area contributed by atoms with Crippen LogP contribution in [0.4, 0.5) is 0 Å². The van der Waals surface area contributed by atoms with Crippen molar-refractivity contribution in [3.63, 3.8) is 0 Å². The van der Waals surface area contributed by atoms with Crippen molar-refractivity contribution in [2.75, 3.05) is 13.1 Å². The molecule has 8 nitrogen and oxygen atoms in total. The van der Waals surface area contributed by atoms with Crippen LogP contribution in [0.25, 0.3) is 0 Å². The molecule has 2 saturated carbocycles. The van der Waals surface area contributed by atoms with Crippen molar-refractivity contribution >= 4 is 24.3 Å². The Morgan fingerprint density at radius 3 is 1.23 bits per heavy atom. The first-order valence-electron chi connectivity index (χ1n) is 11.4. The van der Waals surface area contributed by atoms with E-state index in [0.717, 1.165) is 63.2 Å². The number of isocyanates is 4. The Balaban J connectivity index is 0.000000348. The van der Waals surface area contributed by atoms with Gasteiger partial charge in [-0.1, -0.05) is 12.8 Å². The summed E-state index contributed by atoms with van der Waals surface area (Å²) in [6.07, 6.45) is 20.4. The maximum absolute atomic E-state index is 10.2. The van der Waals surface area contributed by atoms with Gasteiger partial charge in [-0.25, -0.2) is 39.1 Å². The molecule has 0 N–H and O–H groups in total. The van der Waals surface area contributed by atoms with E-state index in [1.807, 2.05) is 0 Å². The van der Waals surface area contributed by atoms with Crippen molar-refractivity contribution in [2.45, 2.75) is 95.6 Å². The van der Waals surface area contributed by atoms with Crippen LogP contribution in [0.15, 0.2) is 20.0 Å². The zero-order valence-electron chi connectivity index (χ0n) is 18.3. The SMILES string of the molecule is O=C=NC1CCC(CC2CCC(N=C=O)CC2)CC1.O=C=NCCCCCCN=C=O. The fraction of sp³-hybridized carbons (Fsp3) is 0.826. The number of hydrogen-bond donors (Lipinski definition) is 0. The molecule has 2 aliphatic carbocycles. The summed E-state index contributed by atoms with van der Waals surface area (Å²) >= 11 is 0. The Labute approximate surface area is 184 Å². The van der Waals surface area contributed by atoms with Crippen molar-refractivity contribution in [3.05, 3.63) is 0 Å². The van der Waals surface area contributed by atoms with Gasteiger partial charge in [0.2, 0.25) is 24.3 Å². The molecule has 0 heterocycles. The lowest BCUT2D eigenvalue weighted by Crippen LogP contribution is -2.23. The van der Waals surface area contributed by atoms with Crippen LogP contribution in [0.3, 0.4) is 0 Å². The van der Waals surface area contributed by atoms with E-state index in [0.29, 0.717) is 13.1 Å². The highest BCUT2D eigenvalue weighted by atomic mass is 16.1. The van der Waals surface area contributed by atoms with Crippen molar-refractivity contribution < 1.29 is 19.2 Å². The molecule has 0 radical (unpaired) electrons. The van der Waals surface area contributed by atoms with Gasteiger partial charge in [-0.05, 0) is 82.5 Å². The Kier molecular flexibility index (Phi) is 15.7. The van der Waals surface area contributed by atoms with Crippen LogP contribution in [-0.2, 0) is 19.2 Å². The molecule has 0 aromatic heterocycles.